The van der Waals surface area contributed by atoms with Gasteiger partial charge in [0.15, 0.2) is 0 Å². The number of fused-ring (bicyclic) bond motifs is 1. The third-order valence-electron chi connectivity index (χ3n) is 12.7. The fourth-order valence-electron chi connectivity index (χ4n) is 8.84. The number of aromatic nitrogens is 2. The third-order valence-corrected chi connectivity index (χ3v) is 12.7. The van der Waals surface area contributed by atoms with Crippen molar-refractivity contribution in [3.8, 4) is 11.3 Å². The van der Waals surface area contributed by atoms with Crippen LogP contribution in [0, 0.1) is 5.41 Å². The van der Waals surface area contributed by atoms with E-state index in [1.54, 1.807) is 0 Å². The molecule has 1 aliphatic carbocycles. The van der Waals surface area contributed by atoms with E-state index in [1.165, 1.54) is 23.0 Å². The smallest absolute Gasteiger partial charge is 0.368 e. The number of unbranched alkanes of at least 4 members (excludes halogenated alkanes) is 1. The standard InChI is InChI=1S/C48H74F3N9/c1-8-10-21-47(5,6)30-42-40-28-37(16-12-14-23-57(9-2)33-43(54-7)35(3)15-11-13-22-56-53)17-20-44(40)60(34-48(49,50)51)46(42)41-29-39(32-55-45(41)36(4)31-52)59-26-24-58(25-27-59)38-18-19-38/h8,12,16-17,20,28-29,32,36,38,43,54,56H,1,3,9-11,13-15,18-19,21-27,30-31,33-34,52-53H2,2,4-7H3/b16-12+. The van der Waals surface area contributed by atoms with Crippen LogP contribution in [0.25, 0.3) is 28.2 Å². The number of benzene rings is 1. The summed E-state index contributed by atoms with van der Waals surface area (Å²) in [4.78, 5) is 12.4. The Morgan fingerprint density at radius 1 is 1.10 bits per heavy atom. The molecule has 1 saturated heterocycles. The zero-order chi connectivity index (χ0) is 43.5. The van der Waals surface area contributed by atoms with Crippen molar-refractivity contribution in [3.63, 3.8) is 0 Å². The normalized spacial score (nSPS) is 16.7. The highest BCUT2D eigenvalue weighted by molar-refractivity contribution is 5.94. The Morgan fingerprint density at radius 3 is 2.48 bits per heavy atom. The van der Waals surface area contributed by atoms with E-state index in [9.17, 15) is 13.2 Å². The summed E-state index contributed by atoms with van der Waals surface area (Å²) in [7, 11) is 1.99. The Bertz CT molecular complexity index is 1870. The Kier molecular flexibility index (Phi) is 17.4. The van der Waals surface area contributed by atoms with Crippen molar-refractivity contribution in [1.29, 1.82) is 0 Å². The van der Waals surface area contributed by atoms with Crippen molar-refractivity contribution in [3.05, 3.63) is 78.2 Å². The summed E-state index contributed by atoms with van der Waals surface area (Å²) in [5.74, 6) is 5.28. The molecule has 5 rings (SSSR count). The topological polar surface area (TPSA) is 104 Å². The van der Waals surface area contributed by atoms with Crippen molar-refractivity contribution in [2.45, 2.75) is 116 Å². The predicted octanol–water partition coefficient (Wildman–Crippen LogP) is 8.65. The highest BCUT2D eigenvalue weighted by atomic mass is 19.4. The number of likely N-dealkylation sites (N-methyl/N-ethyl adjacent to an activating group) is 2. The first-order valence-electron chi connectivity index (χ1n) is 22.4. The van der Waals surface area contributed by atoms with Gasteiger partial charge in [0.05, 0.1) is 23.3 Å². The molecule has 6 N–H and O–H groups in total. The molecule has 2 fully saturated rings. The minimum absolute atomic E-state index is 0.152. The van der Waals surface area contributed by atoms with Crippen LogP contribution in [0.4, 0.5) is 18.9 Å². The Hall–Kier alpha value is -3.52. The second kappa shape index (κ2) is 22.0. The van der Waals surface area contributed by atoms with Crippen LogP contribution in [-0.4, -0.2) is 104 Å². The van der Waals surface area contributed by atoms with Crippen molar-refractivity contribution >= 4 is 22.7 Å². The maximum Gasteiger partial charge on any atom is 0.406 e. The summed E-state index contributed by atoms with van der Waals surface area (Å²) in [6.07, 6.45) is 12.4. The second-order valence-corrected chi connectivity index (χ2v) is 18.0. The van der Waals surface area contributed by atoms with Gasteiger partial charge in [0.25, 0.3) is 0 Å². The number of piperazine rings is 1. The van der Waals surface area contributed by atoms with Crippen molar-refractivity contribution in [2.75, 3.05) is 70.9 Å². The molecule has 0 bridgehead atoms. The number of hydrazine groups is 1. The molecular weight excluding hydrogens is 760 g/mol. The van der Waals surface area contributed by atoms with Crippen molar-refractivity contribution in [1.82, 2.24) is 30.1 Å². The first-order chi connectivity index (χ1) is 28.7. The molecule has 3 aromatic rings. The molecule has 0 amide bonds. The van der Waals surface area contributed by atoms with E-state index in [1.807, 2.05) is 38.4 Å². The molecule has 2 atom stereocenters. The summed E-state index contributed by atoms with van der Waals surface area (Å²) in [6.45, 7) is 23.4. The van der Waals surface area contributed by atoms with Crippen LogP contribution in [0.5, 0.6) is 0 Å². The number of allylic oxidation sites excluding steroid dienone is 1. The fraction of sp³-hybridized carbons (Fsp3) is 0.604. The molecule has 1 aliphatic heterocycles. The third kappa shape index (κ3) is 13.0. The van der Waals surface area contributed by atoms with Crippen LogP contribution in [0.2, 0.25) is 0 Å². The maximum absolute atomic E-state index is 14.8. The SMILES string of the molecule is C=CCCC(C)(C)Cc1c(-c2cc(N3CCN(C4CC4)CC3)cnc2C(C)CN)n(CC(F)(F)F)c2ccc(/C=C/CCN(CC)CC(NC)C(=C)CCCCNN)cc12. The van der Waals surface area contributed by atoms with Crippen LogP contribution in [0.1, 0.15) is 102 Å². The summed E-state index contributed by atoms with van der Waals surface area (Å²) in [5.41, 5.74) is 15.5. The molecule has 3 heterocycles. The summed E-state index contributed by atoms with van der Waals surface area (Å²) >= 11 is 0. The lowest BCUT2D eigenvalue weighted by Gasteiger charge is -2.36. The molecule has 9 nitrogen and oxygen atoms in total. The monoisotopic (exact) mass is 834 g/mol. The molecule has 12 heteroatoms. The van der Waals surface area contributed by atoms with Gasteiger partial charge < -0.3 is 25.4 Å². The number of halogens is 3. The van der Waals surface area contributed by atoms with E-state index in [0.29, 0.717) is 30.2 Å². The van der Waals surface area contributed by atoms with E-state index >= 15 is 0 Å². The van der Waals surface area contributed by atoms with Crippen molar-refractivity contribution in [2.24, 2.45) is 17.0 Å². The molecule has 2 aromatic heterocycles. The van der Waals surface area contributed by atoms with Gasteiger partial charge in [-0.2, -0.15) is 13.2 Å². The molecule has 1 aromatic carbocycles. The molecule has 2 aliphatic rings. The average molecular weight is 834 g/mol. The van der Waals surface area contributed by atoms with E-state index < -0.39 is 12.7 Å². The maximum atomic E-state index is 14.8. The minimum atomic E-state index is -4.44. The van der Waals surface area contributed by atoms with Gasteiger partial charge in [-0.25, -0.2) is 0 Å². The Balaban J connectivity index is 1.52. The molecule has 2 unspecified atom stereocenters. The summed E-state index contributed by atoms with van der Waals surface area (Å²) in [5, 5.41) is 4.31. The van der Waals surface area contributed by atoms with Crippen LogP contribution >= 0.6 is 0 Å². The van der Waals surface area contributed by atoms with Gasteiger partial charge in [-0.15, -0.1) is 6.58 Å². The summed E-state index contributed by atoms with van der Waals surface area (Å²) in [6, 6.07) is 8.95. The number of hydrogen-bond acceptors (Lipinski definition) is 8. The number of alkyl halides is 3. The number of nitrogens with one attached hydrogen (secondary N) is 2. The lowest BCUT2D eigenvalue weighted by atomic mass is 9.80. The van der Waals surface area contributed by atoms with Gasteiger partial charge in [-0.05, 0) is 106 Å². The number of rotatable bonds is 25. The minimum Gasteiger partial charge on any atom is -0.368 e. The average Bonchev–Trinajstić information content (AvgIpc) is 4.05. The molecule has 60 heavy (non-hydrogen) atoms. The molecule has 0 spiro atoms. The van der Waals surface area contributed by atoms with Crippen LogP contribution in [0.15, 0.2) is 61.3 Å². The van der Waals surface area contributed by atoms with Gasteiger partial charge in [-0.1, -0.05) is 64.1 Å². The first kappa shape index (κ1) is 47.5. The largest absolute Gasteiger partial charge is 0.406 e. The molecular formula is C48H74F3N9. The zero-order valence-electron chi connectivity index (χ0n) is 37.2. The van der Waals surface area contributed by atoms with Gasteiger partial charge >= 0.3 is 6.18 Å². The number of nitrogens with two attached hydrogens (primary N) is 2. The quantitative estimate of drug-likeness (QED) is 0.0291. The lowest BCUT2D eigenvalue weighted by Crippen LogP contribution is -2.47. The van der Waals surface area contributed by atoms with Crippen LogP contribution < -0.4 is 27.2 Å². The number of nitrogens with zero attached hydrogens (tertiary/aromatic N) is 5. The fourth-order valence-corrected chi connectivity index (χ4v) is 8.84. The van der Waals surface area contributed by atoms with E-state index in [0.717, 1.165) is 124 Å². The molecule has 0 radical (unpaired) electrons. The molecule has 1 saturated carbocycles. The highest BCUT2D eigenvalue weighted by Gasteiger charge is 2.35. The van der Waals surface area contributed by atoms with Gasteiger partial charge in [0.1, 0.15) is 6.54 Å². The number of anilines is 1. The van der Waals surface area contributed by atoms with E-state index in [4.69, 9.17) is 16.6 Å². The van der Waals surface area contributed by atoms with Gasteiger partial charge in [0, 0.05) is 86.8 Å². The number of pyridine rings is 1. The number of hydrogen-bond donors (Lipinski definition) is 4. The van der Waals surface area contributed by atoms with Gasteiger partial charge in [-0.3, -0.25) is 21.2 Å². The van der Waals surface area contributed by atoms with E-state index in [-0.39, 0.29) is 17.4 Å². The van der Waals surface area contributed by atoms with Crippen LogP contribution in [-0.2, 0) is 13.0 Å². The lowest BCUT2D eigenvalue weighted by molar-refractivity contribution is -0.139. The second-order valence-electron chi connectivity index (χ2n) is 18.0. The first-order valence-corrected chi connectivity index (χ1v) is 22.4. The predicted molar refractivity (Wildman–Crippen MR) is 246 cm³/mol. The van der Waals surface area contributed by atoms with Crippen molar-refractivity contribution < 1.29 is 13.2 Å². The molecule has 332 valence electrons. The Labute approximate surface area is 358 Å². The highest BCUT2D eigenvalue weighted by Crippen LogP contribution is 2.44. The Morgan fingerprint density at radius 2 is 1.85 bits per heavy atom. The van der Waals surface area contributed by atoms with Crippen LogP contribution in [0.3, 0.4) is 0 Å². The van der Waals surface area contributed by atoms with Gasteiger partial charge in [0.2, 0.25) is 0 Å². The summed E-state index contributed by atoms with van der Waals surface area (Å²) < 4.78 is 45.9. The zero-order valence-corrected chi connectivity index (χ0v) is 37.2. The van der Waals surface area contributed by atoms with E-state index in [2.05, 4.69) is 83.7 Å².